The Hall–Kier alpha value is -0.470. The second kappa shape index (κ2) is 6.63. The van der Waals surface area contributed by atoms with E-state index in [1.165, 1.54) is 42.4 Å². The second-order valence-corrected chi connectivity index (χ2v) is 6.78. The Morgan fingerprint density at radius 3 is 2.44 bits per heavy atom. The molecule has 0 spiro atoms. The molecule has 2 unspecified atom stereocenters. The minimum Gasteiger partial charge on any atom is -0.392 e. The summed E-state index contributed by atoms with van der Waals surface area (Å²) in [5.74, 6) is 1.03. The van der Waals surface area contributed by atoms with Crippen LogP contribution in [0.15, 0.2) is 18.2 Å². The quantitative estimate of drug-likeness (QED) is 0.824. The Kier molecular flexibility index (Phi) is 5.13. The van der Waals surface area contributed by atoms with Gasteiger partial charge in [-0.15, -0.1) is 0 Å². The molecule has 18 heavy (non-hydrogen) atoms. The van der Waals surface area contributed by atoms with Crippen LogP contribution in [0.3, 0.4) is 0 Å². The molecule has 1 nitrogen and oxygen atoms in total. The van der Waals surface area contributed by atoms with Crippen LogP contribution >= 0.6 is 11.8 Å². The van der Waals surface area contributed by atoms with Crippen molar-refractivity contribution in [2.75, 3.05) is 0 Å². The van der Waals surface area contributed by atoms with E-state index in [9.17, 15) is 5.11 Å². The number of hydrogen-bond donors (Lipinski definition) is 1. The van der Waals surface area contributed by atoms with E-state index in [4.69, 9.17) is 0 Å². The molecule has 1 saturated carbocycles. The van der Waals surface area contributed by atoms with Gasteiger partial charge in [0.05, 0.1) is 6.10 Å². The first kappa shape index (κ1) is 14.0. The zero-order valence-corrected chi connectivity index (χ0v) is 12.3. The third-order valence-corrected chi connectivity index (χ3v) is 5.14. The number of aliphatic hydroxyl groups is 1. The number of aryl methyl sites for hydroxylation is 2. The van der Waals surface area contributed by atoms with Crippen molar-refractivity contribution in [3.63, 3.8) is 0 Å². The van der Waals surface area contributed by atoms with Crippen LogP contribution in [-0.4, -0.2) is 16.5 Å². The molecule has 100 valence electrons. The summed E-state index contributed by atoms with van der Waals surface area (Å²) in [4.78, 5) is 0. The van der Waals surface area contributed by atoms with Gasteiger partial charge in [0.2, 0.25) is 0 Å². The van der Waals surface area contributed by atoms with Gasteiger partial charge in [0.15, 0.2) is 0 Å². The van der Waals surface area contributed by atoms with Crippen molar-refractivity contribution in [3.8, 4) is 0 Å². The van der Waals surface area contributed by atoms with Crippen molar-refractivity contribution in [1.82, 2.24) is 0 Å². The molecule has 2 atom stereocenters. The Labute approximate surface area is 115 Å². The monoisotopic (exact) mass is 264 g/mol. The molecule has 2 rings (SSSR count). The highest BCUT2D eigenvalue weighted by atomic mass is 32.2. The van der Waals surface area contributed by atoms with Gasteiger partial charge in [0, 0.05) is 11.0 Å². The molecule has 0 radical (unpaired) electrons. The summed E-state index contributed by atoms with van der Waals surface area (Å²) in [5.41, 5.74) is 4.08. The van der Waals surface area contributed by atoms with Gasteiger partial charge in [-0.3, -0.25) is 0 Å². The molecule has 0 saturated heterocycles. The smallest absolute Gasteiger partial charge is 0.0658 e. The van der Waals surface area contributed by atoms with Crippen molar-refractivity contribution in [2.24, 2.45) is 0 Å². The first-order chi connectivity index (χ1) is 8.65. The van der Waals surface area contributed by atoms with Crippen LogP contribution in [0.4, 0.5) is 0 Å². The van der Waals surface area contributed by atoms with Gasteiger partial charge in [-0.2, -0.15) is 11.8 Å². The van der Waals surface area contributed by atoms with Crippen molar-refractivity contribution in [1.29, 1.82) is 0 Å². The van der Waals surface area contributed by atoms with Gasteiger partial charge < -0.3 is 5.11 Å². The lowest BCUT2D eigenvalue weighted by molar-refractivity contribution is 0.163. The molecule has 1 aliphatic rings. The summed E-state index contributed by atoms with van der Waals surface area (Å²) >= 11 is 1.94. The largest absolute Gasteiger partial charge is 0.392 e. The van der Waals surface area contributed by atoms with Crippen molar-refractivity contribution < 1.29 is 5.11 Å². The van der Waals surface area contributed by atoms with Gasteiger partial charge in [-0.25, -0.2) is 0 Å². The van der Waals surface area contributed by atoms with Crippen LogP contribution in [0.25, 0.3) is 0 Å². The van der Waals surface area contributed by atoms with E-state index < -0.39 is 0 Å². The Morgan fingerprint density at radius 1 is 1.06 bits per heavy atom. The standard InChI is InChI=1S/C16H24OS/c1-12-8-13(2)10-14(9-12)11-18-16-7-5-3-4-6-15(16)17/h8-10,15-17H,3-7,11H2,1-2H3. The highest BCUT2D eigenvalue weighted by Gasteiger charge is 2.21. The van der Waals surface area contributed by atoms with Crippen molar-refractivity contribution >= 4 is 11.8 Å². The van der Waals surface area contributed by atoms with E-state index in [0.29, 0.717) is 5.25 Å². The highest BCUT2D eigenvalue weighted by Crippen LogP contribution is 2.30. The normalized spacial score (nSPS) is 24.8. The predicted octanol–water partition coefficient (Wildman–Crippen LogP) is 4.23. The van der Waals surface area contributed by atoms with Crippen LogP contribution in [0.1, 0.15) is 48.8 Å². The number of benzene rings is 1. The number of thioether (sulfide) groups is 1. The summed E-state index contributed by atoms with van der Waals surface area (Å²) in [6, 6.07) is 6.75. The fourth-order valence-corrected chi connectivity index (χ4v) is 4.07. The summed E-state index contributed by atoms with van der Waals surface area (Å²) in [7, 11) is 0. The third-order valence-electron chi connectivity index (χ3n) is 3.66. The van der Waals surface area contributed by atoms with Crippen LogP contribution < -0.4 is 0 Å². The van der Waals surface area contributed by atoms with Gasteiger partial charge in [-0.05, 0) is 32.3 Å². The summed E-state index contributed by atoms with van der Waals surface area (Å²) in [6.07, 6.45) is 5.84. The van der Waals surface area contributed by atoms with Crippen molar-refractivity contribution in [2.45, 2.75) is 63.1 Å². The minimum absolute atomic E-state index is 0.0941. The Bertz CT molecular complexity index is 368. The lowest BCUT2D eigenvalue weighted by Crippen LogP contribution is -2.21. The van der Waals surface area contributed by atoms with Gasteiger partial charge in [0.1, 0.15) is 0 Å². The molecule has 0 aromatic heterocycles. The number of aliphatic hydroxyl groups excluding tert-OH is 1. The number of hydrogen-bond acceptors (Lipinski definition) is 2. The fourth-order valence-electron chi connectivity index (χ4n) is 2.80. The van der Waals surface area contributed by atoms with Crippen LogP contribution in [0.2, 0.25) is 0 Å². The molecule has 1 aliphatic carbocycles. The molecule has 0 aliphatic heterocycles. The maximum absolute atomic E-state index is 10.1. The maximum atomic E-state index is 10.1. The summed E-state index contributed by atoms with van der Waals surface area (Å²) in [6.45, 7) is 4.31. The van der Waals surface area contributed by atoms with E-state index in [0.717, 1.165) is 12.2 Å². The van der Waals surface area contributed by atoms with E-state index in [1.54, 1.807) is 0 Å². The summed E-state index contributed by atoms with van der Waals surface area (Å²) in [5, 5.41) is 10.6. The van der Waals surface area contributed by atoms with E-state index >= 15 is 0 Å². The lowest BCUT2D eigenvalue weighted by atomic mass is 10.1. The first-order valence-corrected chi connectivity index (χ1v) is 8.07. The molecule has 1 aromatic carbocycles. The zero-order chi connectivity index (χ0) is 13.0. The molecule has 0 bridgehead atoms. The molecule has 0 heterocycles. The topological polar surface area (TPSA) is 20.2 Å². The molecular formula is C16H24OS. The molecule has 1 aromatic rings. The minimum atomic E-state index is -0.0941. The molecule has 1 N–H and O–H groups in total. The second-order valence-electron chi connectivity index (χ2n) is 5.55. The zero-order valence-electron chi connectivity index (χ0n) is 11.5. The van der Waals surface area contributed by atoms with Gasteiger partial charge in [-0.1, -0.05) is 48.6 Å². The van der Waals surface area contributed by atoms with E-state index in [-0.39, 0.29) is 6.10 Å². The fraction of sp³-hybridized carbons (Fsp3) is 0.625. The van der Waals surface area contributed by atoms with Gasteiger partial charge in [0.25, 0.3) is 0 Å². The molecule has 2 heteroatoms. The SMILES string of the molecule is Cc1cc(C)cc(CSC2CCCCCC2O)c1. The number of rotatable bonds is 3. The van der Waals surface area contributed by atoms with Crippen LogP contribution in [0.5, 0.6) is 0 Å². The molecule has 1 fully saturated rings. The Morgan fingerprint density at radius 2 is 1.72 bits per heavy atom. The first-order valence-electron chi connectivity index (χ1n) is 7.02. The maximum Gasteiger partial charge on any atom is 0.0658 e. The van der Waals surface area contributed by atoms with Crippen LogP contribution in [-0.2, 0) is 5.75 Å². The highest BCUT2D eigenvalue weighted by molar-refractivity contribution is 7.99. The van der Waals surface area contributed by atoms with Crippen molar-refractivity contribution in [3.05, 3.63) is 34.9 Å². The molecule has 0 amide bonds. The van der Waals surface area contributed by atoms with E-state index in [2.05, 4.69) is 32.0 Å². The van der Waals surface area contributed by atoms with E-state index in [1.807, 2.05) is 11.8 Å². The summed E-state index contributed by atoms with van der Waals surface area (Å²) < 4.78 is 0. The average Bonchev–Trinajstić information content (AvgIpc) is 2.50. The predicted molar refractivity (Wildman–Crippen MR) is 80.1 cm³/mol. The Balaban J connectivity index is 1.93. The molecular weight excluding hydrogens is 240 g/mol. The van der Waals surface area contributed by atoms with Gasteiger partial charge >= 0.3 is 0 Å². The lowest BCUT2D eigenvalue weighted by Gasteiger charge is -2.19. The van der Waals surface area contributed by atoms with Crippen LogP contribution in [0, 0.1) is 13.8 Å². The third kappa shape index (κ3) is 4.03. The average molecular weight is 264 g/mol.